The quantitative estimate of drug-likeness (QED) is 0.620. The van der Waals surface area contributed by atoms with E-state index in [4.69, 9.17) is 22.7 Å². The maximum absolute atomic E-state index is 12.9. The van der Waals surface area contributed by atoms with Crippen molar-refractivity contribution in [1.82, 2.24) is 5.32 Å². The van der Waals surface area contributed by atoms with Crippen LogP contribution in [0.2, 0.25) is 0 Å². The van der Waals surface area contributed by atoms with Gasteiger partial charge < -0.3 is 15.8 Å². The molecule has 114 valence electrons. The summed E-state index contributed by atoms with van der Waals surface area (Å²) in [5, 5.41) is 3.18. The number of nitrogens with two attached hydrogens (primary N) is 1. The summed E-state index contributed by atoms with van der Waals surface area (Å²) in [5.74, 6) is 0.0138. The summed E-state index contributed by atoms with van der Waals surface area (Å²) in [7, 11) is 0. The molecule has 0 aromatic rings. The molecule has 1 saturated carbocycles. The van der Waals surface area contributed by atoms with E-state index in [-0.39, 0.29) is 11.4 Å². The number of thiocarbonyl (C=S) groups is 1. The Morgan fingerprint density at radius 3 is 2.30 bits per heavy atom. The smallest absolute Gasteiger partial charge is 0.233 e. The molecule has 3 N–H and O–H groups in total. The third kappa shape index (κ3) is 3.31. The Bertz CT molecular complexity index is 370. The minimum Gasteiger partial charge on any atom is -0.392 e. The Balaban J connectivity index is 2.12. The van der Waals surface area contributed by atoms with Crippen LogP contribution in [0.4, 0.5) is 0 Å². The van der Waals surface area contributed by atoms with Crippen molar-refractivity contribution >= 4 is 23.1 Å². The van der Waals surface area contributed by atoms with E-state index < -0.39 is 5.41 Å². The van der Waals surface area contributed by atoms with Crippen LogP contribution in [-0.2, 0) is 9.53 Å². The predicted octanol–water partition coefficient (Wildman–Crippen LogP) is 2.30. The lowest BCUT2D eigenvalue weighted by molar-refractivity contribution is -0.131. The van der Waals surface area contributed by atoms with Gasteiger partial charge in [-0.2, -0.15) is 0 Å². The van der Waals surface area contributed by atoms with Crippen LogP contribution in [0, 0.1) is 5.41 Å². The first-order valence-corrected chi connectivity index (χ1v) is 8.10. The number of hydrogen-bond acceptors (Lipinski definition) is 3. The van der Waals surface area contributed by atoms with E-state index >= 15 is 0 Å². The highest BCUT2D eigenvalue weighted by Crippen LogP contribution is 2.36. The van der Waals surface area contributed by atoms with E-state index in [0.717, 1.165) is 58.0 Å². The Kier molecular flexibility index (Phi) is 5.02. The summed E-state index contributed by atoms with van der Waals surface area (Å²) in [6.07, 6.45) is 7.88. The van der Waals surface area contributed by atoms with Crippen LogP contribution < -0.4 is 11.1 Å². The Morgan fingerprint density at radius 2 is 1.80 bits per heavy atom. The second-order valence-corrected chi connectivity index (χ2v) is 6.97. The first-order chi connectivity index (χ1) is 9.49. The van der Waals surface area contributed by atoms with Crippen LogP contribution in [0.1, 0.15) is 58.3 Å². The molecule has 1 aliphatic heterocycles. The zero-order chi connectivity index (χ0) is 14.6. The van der Waals surface area contributed by atoms with Gasteiger partial charge in [0.2, 0.25) is 5.91 Å². The first-order valence-electron chi connectivity index (χ1n) is 7.69. The number of amides is 1. The molecule has 0 radical (unpaired) electrons. The third-order valence-electron chi connectivity index (χ3n) is 4.72. The zero-order valence-electron chi connectivity index (χ0n) is 12.4. The van der Waals surface area contributed by atoms with Gasteiger partial charge in [-0.05, 0) is 32.6 Å². The second kappa shape index (κ2) is 6.39. The summed E-state index contributed by atoms with van der Waals surface area (Å²) in [6, 6.07) is 0. The maximum Gasteiger partial charge on any atom is 0.233 e. The summed E-state index contributed by atoms with van der Waals surface area (Å²) in [4.78, 5) is 13.2. The third-order valence-corrected chi connectivity index (χ3v) is 5.11. The van der Waals surface area contributed by atoms with Crippen molar-refractivity contribution in [2.75, 3.05) is 13.2 Å². The Morgan fingerprint density at radius 1 is 1.15 bits per heavy atom. The zero-order valence-corrected chi connectivity index (χ0v) is 13.2. The van der Waals surface area contributed by atoms with Crippen molar-refractivity contribution in [2.45, 2.75) is 63.8 Å². The number of ether oxygens (including phenoxy) is 1. The van der Waals surface area contributed by atoms with E-state index in [1.807, 2.05) is 6.92 Å². The number of hydrogen-bond donors (Lipinski definition) is 2. The fourth-order valence-corrected chi connectivity index (χ4v) is 3.64. The molecule has 1 amide bonds. The van der Waals surface area contributed by atoms with Gasteiger partial charge in [0.1, 0.15) is 0 Å². The lowest BCUT2D eigenvalue weighted by atomic mass is 9.78. The SMILES string of the molecule is CC1(NC(=O)C2(C(N)=S)CCCCCC2)CCCOC1. The van der Waals surface area contributed by atoms with Gasteiger partial charge in [0, 0.05) is 6.61 Å². The molecule has 2 fully saturated rings. The molecule has 0 aromatic heterocycles. The largest absolute Gasteiger partial charge is 0.392 e. The Hall–Kier alpha value is -0.680. The van der Waals surface area contributed by atoms with E-state index in [2.05, 4.69) is 5.32 Å². The van der Waals surface area contributed by atoms with Crippen molar-refractivity contribution < 1.29 is 9.53 Å². The van der Waals surface area contributed by atoms with Crippen LogP contribution in [0.3, 0.4) is 0 Å². The summed E-state index contributed by atoms with van der Waals surface area (Å²) >= 11 is 5.25. The molecule has 0 spiro atoms. The summed E-state index contributed by atoms with van der Waals surface area (Å²) in [5.41, 5.74) is 5.04. The Labute approximate surface area is 126 Å². The molecule has 20 heavy (non-hydrogen) atoms. The van der Waals surface area contributed by atoms with Gasteiger partial charge in [-0.3, -0.25) is 4.79 Å². The maximum atomic E-state index is 12.9. The second-order valence-electron chi connectivity index (χ2n) is 6.53. The topological polar surface area (TPSA) is 64.4 Å². The van der Waals surface area contributed by atoms with Crippen LogP contribution >= 0.6 is 12.2 Å². The van der Waals surface area contributed by atoms with Gasteiger partial charge >= 0.3 is 0 Å². The molecule has 5 heteroatoms. The first kappa shape index (κ1) is 15.7. The van der Waals surface area contributed by atoms with Crippen LogP contribution in [0.25, 0.3) is 0 Å². The van der Waals surface area contributed by atoms with Crippen molar-refractivity contribution in [2.24, 2.45) is 11.1 Å². The highest BCUT2D eigenvalue weighted by atomic mass is 32.1. The monoisotopic (exact) mass is 298 g/mol. The highest BCUT2D eigenvalue weighted by Gasteiger charge is 2.44. The molecular weight excluding hydrogens is 272 g/mol. The fourth-order valence-electron chi connectivity index (χ4n) is 3.34. The number of carbonyl (C=O) groups is 1. The average molecular weight is 298 g/mol. The number of nitrogens with one attached hydrogen (secondary N) is 1. The standard InChI is InChI=1S/C15H26N2O2S/c1-14(7-6-10-19-11-14)17-13(18)15(12(16)20)8-4-2-3-5-9-15/h2-11H2,1H3,(H2,16,20)(H,17,18). The van der Waals surface area contributed by atoms with Gasteiger partial charge in [0.25, 0.3) is 0 Å². The van der Waals surface area contributed by atoms with E-state index in [9.17, 15) is 4.79 Å². The van der Waals surface area contributed by atoms with Gasteiger partial charge in [-0.15, -0.1) is 0 Å². The van der Waals surface area contributed by atoms with Crippen molar-refractivity contribution in [3.05, 3.63) is 0 Å². The predicted molar refractivity (Wildman–Crippen MR) is 83.5 cm³/mol. The molecular formula is C15H26N2O2S. The van der Waals surface area contributed by atoms with Gasteiger partial charge in [-0.1, -0.05) is 37.9 Å². The molecule has 1 atom stereocenters. The molecule has 0 aromatic carbocycles. The molecule has 1 aliphatic carbocycles. The molecule has 1 saturated heterocycles. The molecule has 2 aliphatic rings. The molecule has 2 rings (SSSR count). The van der Waals surface area contributed by atoms with Crippen molar-refractivity contribution in [3.8, 4) is 0 Å². The molecule has 1 unspecified atom stereocenters. The van der Waals surface area contributed by atoms with Crippen molar-refractivity contribution in [3.63, 3.8) is 0 Å². The average Bonchev–Trinajstić information content (AvgIpc) is 2.65. The van der Waals surface area contributed by atoms with Gasteiger partial charge in [0.15, 0.2) is 0 Å². The van der Waals surface area contributed by atoms with Crippen LogP contribution in [-0.4, -0.2) is 29.6 Å². The lowest BCUT2D eigenvalue weighted by Gasteiger charge is -2.39. The van der Waals surface area contributed by atoms with E-state index in [1.165, 1.54) is 0 Å². The van der Waals surface area contributed by atoms with Gasteiger partial charge in [0.05, 0.1) is 22.5 Å². The summed E-state index contributed by atoms with van der Waals surface area (Å²) in [6.45, 7) is 3.41. The number of carbonyl (C=O) groups excluding carboxylic acids is 1. The number of rotatable bonds is 3. The van der Waals surface area contributed by atoms with E-state index in [1.54, 1.807) is 0 Å². The minimum absolute atomic E-state index is 0.0138. The lowest BCUT2D eigenvalue weighted by Crippen LogP contribution is -2.58. The molecule has 0 bridgehead atoms. The van der Waals surface area contributed by atoms with Gasteiger partial charge in [-0.25, -0.2) is 0 Å². The van der Waals surface area contributed by atoms with Crippen molar-refractivity contribution in [1.29, 1.82) is 0 Å². The fraction of sp³-hybridized carbons (Fsp3) is 0.867. The van der Waals surface area contributed by atoms with Crippen LogP contribution in [0.5, 0.6) is 0 Å². The van der Waals surface area contributed by atoms with E-state index in [0.29, 0.717) is 11.6 Å². The normalized spacial score (nSPS) is 30.2. The minimum atomic E-state index is -0.647. The molecule has 1 heterocycles. The highest BCUT2D eigenvalue weighted by molar-refractivity contribution is 7.80. The summed E-state index contributed by atoms with van der Waals surface area (Å²) < 4.78 is 5.51. The molecule has 4 nitrogen and oxygen atoms in total. The van der Waals surface area contributed by atoms with Crippen LogP contribution in [0.15, 0.2) is 0 Å².